The summed E-state index contributed by atoms with van der Waals surface area (Å²) in [4.78, 5) is 26.0. The molecule has 1 aliphatic rings. The number of Topliss-reactive ketones (excluding diaryl/α,β-unsaturated/α-hetero) is 1. The molecule has 1 atom stereocenters. The van der Waals surface area contributed by atoms with Crippen molar-refractivity contribution in [3.05, 3.63) is 52.6 Å². The molecule has 3 rings (SSSR count). The first-order valence-corrected chi connectivity index (χ1v) is 7.30. The molecule has 0 spiro atoms. The van der Waals surface area contributed by atoms with Crippen LogP contribution in [0, 0.1) is 5.82 Å². The lowest BCUT2D eigenvalue weighted by molar-refractivity contribution is -0.141. The van der Waals surface area contributed by atoms with Gasteiger partial charge in [0.25, 0.3) is 5.91 Å². The molecule has 5 nitrogen and oxygen atoms in total. The number of amides is 1. The number of nitrogens with zero attached hydrogens (tertiary/aromatic N) is 3. The summed E-state index contributed by atoms with van der Waals surface area (Å²) >= 11 is 0. The second kappa shape index (κ2) is 5.68. The number of hydrogen-bond donors (Lipinski definition) is 0. The Bertz CT molecular complexity index is 873. The van der Waals surface area contributed by atoms with E-state index >= 15 is 0 Å². The number of hydrogen-bond acceptors (Lipinski definition) is 3. The third-order valence-electron chi connectivity index (χ3n) is 4.23. The van der Waals surface area contributed by atoms with Gasteiger partial charge in [-0.2, -0.15) is 18.3 Å². The number of halogens is 4. The fourth-order valence-electron chi connectivity index (χ4n) is 2.89. The van der Waals surface area contributed by atoms with E-state index in [1.165, 1.54) is 26.2 Å². The van der Waals surface area contributed by atoms with Crippen molar-refractivity contribution >= 4 is 11.7 Å². The van der Waals surface area contributed by atoms with Crippen molar-refractivity contribution in [2.24, 2.45) is 7.05 Å². The topological polar surface area (TPSA) is 55.2 Å². The standard InChI is InChI=1S/C16H13F4N3O2/c1-22(11-6-8-5-9(17)3-4-10(8)14(11)24)15(25)12-7-13(16(18,19)20)21-23(12)2/h3-5,7,11H,6H2,1-2H3. The highest BCUT2D eigenvalue weighted by Gasteiger charge is 2.39. The Labute approximate surface area is 139 Å². The first-order valence-electron chi connectivity index (χ1n) is 7.30. The molecule has 0 saturated carbocycles. The second-order valence-corrected chi connectivity index (χ2v) is 5.84. The summed E-state index contributed by atoms with van der Waals surface area (Å²) < 4.78 is 52.3. The lowest BCUT2D eigenvalue weighted by atomic mass is 10.1. The van der Waals surface area contributed by atoms with Gasteiger partial charge in [-0.25, -0.2) is 4.39 Å². The Morgan fingerprint density at radius 3 is 2.60 bits per heavy atom. The SMILES string of the molecule is CN(C(=O)c1cc(C(F)(F)F)nn1C)C1Cc2cc(F)ccc2C1=O. The molecule has 1 unspecified atom stereocenters. The van der Waals surface area contributed by atoms with Crippen LogP contribution in [0.3, 0.4) is 0 Å². The van der Waals surface area contributed by atoms with Crippen LogP contribution >= 0.6 is 0 Å². The normalized spacial score (nSPS) is 16.9. The number of fused-ring (bicyclic) bond motifs is 1. The Balaban J connectivity index is 1.87. The van der Waals surface area contributed by atoms with Crippen LogP contribution in [0.15, 0.2) is 24.3 Å². The third kappa shape index (κ3) is 2.90. The smallest absolute Gasteiger partial charge is 0.330 e. The molecule has 1 aromatic heterocycles. The minimum atomic E-state index is -4.67. The number of aryl methyl sites for hydroxylation is 1. The summed E-state index contributed by atoms with van der Waals surface area (Å²) in [5, 5.41) is 3.29. The van der Waals surface area contributed by atoms with Gasteiger partial charge in [0, 0.05) is 32.1 Å². The van der Waals surface area contributed by atoms with E-state index in [4.69, 9.17) is 0 Å². The Hall–Kier alpha value is -2.71. The highest BCUT2D eigenvalue weighted by atomic mass is 19.4. The highest BCUT2D eigenvalue weighted by Crippen LogP contribution is 2.30. The molecule has 0 radical (unpaired) electrons. The van der Waals surface area contributed by atoms with Crippen LogP contribution < -0.4 is 0 Å². The zero-order chi connectivity index (χ0) is 18.5. The molecule has 0 aliphatic heterocycles. The Kier molecular flexibility index (Phi) is 3.89. The number of carbonyl (C=O) groups is 2. The van der Waals surface area contributed by atoms with Gasteiger partial charge in [-0.15, -0.1) is 0 Å². The average Bonchev–Trinajstić information content (AvgIpc) is 3.06. The van der Waals surface area contributed by atoms with Crippen molar-refractivity contribution in [1.82, 2.24) is 14.7 Å². The highest BCUT2D eigenvalue weighted by molar-refractivity contribution is 6.07. The lowest BCUT2D eigenvalue weighted by Crippen LogP contribution is -2.41. The third-order valence-corrected chi connectivity index (χ3v) is 4.23. The number of carbonyl (C=O) groups excluding carboxylic acids is 2. The number of rotatable bonds is 2. The fraction of sp³-hybridized carbons (Fsp3) is 0.312. The Morgan fingerprint density at radius 1 is 1.32 bits per heavy atom. The van der Waals surface area contributed by atoms with Gasteiger partial charge in [-0.05, 0) is 23.8 Å². The van der Waals surface area contributed by atoms with Crippen molar-refractivity contribution in [3.63, 3.8) is 0 Å². The van der Waals surface area contributed by atoms with Crippen LogP contribution in [0.2, 0.25) is 0 Å². The molecular formula is C16H13F4N3O2. The fourth-order valence-corrected chi connectivity index (χ4v) is 2.89. The van der Waals surface area contributed by atoms with Gasteiger partial charge in [-0.3, -0.25) is 14.3 Å². The largest absolute Gasteiger partial charge is 0.435 e. The van der Waals surface area contributed by atoms with Gasteiger partial charge >= 0.3 is 6.18 Å². The molecular weight excluding hydrogens is 342 g/mol. The van der Waals surface area contributed by atoms with E-state index in [2.05, 4.69) is 5.10 Å². The first-order chi connectivity index (χ1) is 11.6. The van der Waals surface area contributed by atoms with Crippen molar-refractivity contribution in [3.8, 4) is 0 Å². The van der Waals surface area contributed by atoms with E-state index < -0.39 is 29.6 Å². The minimum Gasteiger partial charge on any atom is -0.330 e. The lowest BCUT2D eigenvalue weighted by Gasteiger charge is -2.23. The monoisotopic (exact) mass is 355 g/mol. The number of likely N-dealkylation sites (N-methyl/N-ethyl adjacent to an activating group) is 1. The van der Waals surface area contributed by atoms with Crippen molar-refractivity contribution in [2.45, 2.75) is 18.6 Å². The number of ketones is 1. The van der Waals surface area contributed by atoms with Crippen LogP contribution in [-0.4, -0.2) is 39.5 Å². The van der Waals surface area contributed by atoms with E-state index in [-0.39, 0.29) is 17.9 Å². The van der Waals surface area contributed by atoms with E-state index in [1.807, 2.05) is 0 Å². The Morgan fingerprint density at radius 2 is 2.00 bits per heavy atom. The minimum absolute atomic E-state index is 0.109. The molecule has 2 aromatic rings. The number of alkyl halides is 3. The molecule has 0 fully saturated rings. The molecule has 132 valence electrons. The predicted octanol–water partition coefficient (Wildman–Crippen LogP) is 2.46. The van der Waals surface area contributed by atoms with Crippen LogP contribution in [-0.2, 0) is 19.6 Å². The maximum Gasteiger partial charge on any atom is 0.435 e. The summed E-state index contributed by atoms with van der Waals surface area (Å²) in [5.41, 5.74) is -0.692. The molecule has 25 heavy (non-hydrogen) atoms. The van der Waals surface area contributed by atoms with Crippen molar-refractivity contribution in [1.29, 1.82) is 0 Å². The number of aromatic nitrogens is 2. The van der Waals surface area contributed by atoms with E-state index in [0.29, 0.717) is 17.2 Å². The second-order valence-electron chi connectivity index (χ2n) is 5.84. The maximum absolute atomic E-state index is 13.3. The number of benzene rings is 1. The summed E-state index contributed by atoms with van der Waals surface area (Å²) in [6.45, 7) is 0. The molecule has 0 bridgehead atoms. The molecule has 9 heteroatoms. The van der Waals surface area contributed by atoms with Crippen LogP contribution in [0.25, 0.3) is 0 Å². The van der Waals surface area contributed by atoms with Gasteiger partial charge in [0.05, 0.1) is 6.04 Å². The van der Waals surface area contributed by atoms with Crippen molar-refractivity contribution < 1.29 is 27.2 Å². The van der Waals surface area contributed by atoms with Crippen LogP contribution in [0.4, 0.5) is 17.6 Å². The molecule has 0 N–H and O–H groups in total. The molecule has 1 amide bonds. The zero-order valence-corrected chi connectivity index (χ0v) is 13.3. The van der Waals surface area contributed by atoms with E-state index in [9.17, 15) is 27.2 Å². The van der Waals surface area contributed by atoms with E-state index in [1.54, 1.807) is 0 Å². The van der Waals surface area contributed by atoms with Crippen LogP contribution in [0.1, 0.15) is 32.1 Å². The van der Waals surface area contributed by atoms with Gasteiger partial charge in [0.2, 0.25) is 0 Å². The van der Waals surface area contributed by atoms with Crippen LogP contribution in [0.5, 0.6) is 0 Å². The van der Waals surface area contributed by atoms with Gasteiger partial charge in [0.1, 0.15) is 11.5 Å². The summed E-state index contributed by atoms with van der Waals surface area (Å²) in [6.07, 6.45) is -4.57. The summed E-state index contributed by atoms with van der Waals surface area (Å²) in [7, 11) is 2.55. The molecule has 1 aromatic carbocycles. The average molecular weight is 355 g/mol. The quantitative estimate of drug-likeness (QED) is 0.778. The molecule has 0 saturated heterocycles. The van der Waals surface area contributed by atoms with Gasteiger partial charge < -0.3 is 4.90 Å². The molecule has 1 heterocycles. The van der Waals surface area contributed by atoms with E-state index in [0.717, 1.165) is 15.6 Å². The molecule has 1 aliphatic carbocycles. The summed E-state index contributed by atoms with van der Waals surface area (Å²) in [5.74, 6) is -1.64. The summed E-state index contributed by atoms with van der Waals surface area (Å²) in [6, 6.07) is 3.46. The van der Waals surface area contributed by atoms with Crippen molar-refractivity contribution in [2.75, 3.05) is 7.05 Å². The first kappa shape index (κ1) is 17.1. The van der Waals surface area contributed by atoms with Gasteiger partial charge in [-0.1, -0.05) is 0 Å². The van der Waals surface area contributed by atoms with Gasteiger partial charge in [0.15, 0.2) is 11.5 Å². The zero-order valence-electron chi connectivity index (χ0n) is 13.3. The predicted molar refractivity (Wildman–Crippen MR) is 78.5 cm³/mol. The maximum atomic E-state index is 13.3.